The highest BCUT2D eigenvalue weighted by molar-refractivity contribution is 5.97. The number of aromatic nitrogens is 2. The Labute approximate surface area is 193 Å². The standard InChI is InChI=1S/C20H24F3N9O2/c1-2-34-17-13(10-24)15(31-19(27)32-17)30-16(33)14(7-4-8-28-18(25)26)29-12-6-3-5-11(9-12)20(21,22)23/h3,5-6,9,14,29H,2,4,7-8H2,1H3,(H4,25,26,28)(H3,27,30,31,32,33)/t14-/m0/s1. The number of rotatable bonds is 10. The van der Waals surface area contributed by atoms with Gasteiger partial charge in [-0.05, 0) is 38.0 Å². The molecule has 0 aliphatic heterocycles. The third kappa shape index (κ3) is 7.40. The summed E-state index contributed by atoms with van der Waals surface area (Å²) in [5.41, 5.74) is 9.91. The van der Waals surface area contributed by atoms with Crippen molar-refractivity contribution in [2.75, 3.05) is 29.5 Å². The lowest BCUT2D eigenvalue weighted by atomic mass is 10.1. The monoisotopic (exact) mass is 479 g/mol. The minimum atomic E-state index is -4.56. The molecule has 1 amide bonds. The molecule has 11 nitrogen and oxygen atoms in total. The number of nitriles is 1. The topological polar surface area (TPSA) is 188 Å². The van der Waals surface area contributed by atoms with Crippen LogP contribution < -0.4 is 32.2 Å². The van der Waals surface area contributed by atoms with Crippen LogP contribution in [0.4, 0.5) is 30.6 Å². The number of hydrogen-bond acceptors (Lipinski definition) is 8. The number of nitrogens with one attached hydrogen (secondary N) is 4. The van der Waals surface area contributed by atoms with E-state index in [4.69, 9.17) is 21.6 Å². The highest BCUT2D eigenvalue weighted by atomic mass is 19.4. The lowest BCUT2D eigenvalue weighted by Crippen LogP contribution is -2.37. The molecule has 0 fully saturated rings. The molecule has 1 aromatic carbocycles. The number of alkyl halides is 3. The first-order chi connectivity index (χ1) is 16.0. The molecule has 0 aliphatic carbocycles. The normalized spacial score (nSPS) is 11.7. The summed E-state index contributed by atoms with van der Waals surface area (Å²) in [4.78, 5) is 20.8. The molecule has 0 aliphatic rings. The molecular formula is C20H24F3N9O2. The summed E-state index contributed by atoms with van der Waals surface area (Å²) in [6.45, 7) is 2.10. The zero-order chi connectivity index (χ0) is 25.3. The van der Waals surface area contributed by atoms with Crippen molar-refractivity contribution in [3.05, 3.63) is 35.4 Å². The lowest BCUT2D eigenvalue weighted by Gasteiger charge is -2.21. The van der Waals surface area contributed by atoms with Crippen LogP contribution in [0.3, 0.4) is 0 Å². The molecule has 0 saturated heterocycles. The van der Waals surface area contributed by atoms with Crippen LogP contribution in [0.5, 0.6) is 5.88 Å². The van der Waals surface area contributed by atoms with Crippen LogP contribution in [0.2, 0.25) is 0 Å². The van der Waals surface area contributed by atoms with Gasteiger partial charge in [0.25, 0.3) is 0 Å². The number of benzene rings is 1. The van der Waals surface area contributed by atoms with E-state index >= 15 is 0 Å². The molecule has 182 valence electrons. The van der Waals surface area contributed by atoms with Crippen LogP contribution >= 0.6 is 0 Å². The maximum atomic E-state index is 13.1. The summed E-state index contributed by atoms with van der Waals surface area (Å²) in [6.07, 6.45) is -4.08. The van der Waals surface area contributed by atoms with Crippen molar-refractivity contribution in [3.63, 3.8) is 0 Å². The Morgan fingerprint density at radius 2 is 2.09 bits per heavy atom. The third-order valence-corrected chi connectivity index (χ3v) is 4.36. The van der Waals surface area contributed by atoms with Crippen LogP contribution in [-0.2, 0) is 11.0 Å². The number of carbonyl (C=O) groups excluding carboxylic acids is 1. The maximum absolute atomic E-state index is 13.1. The molecule has 34 heavy (non-hydrogen) atoms. The molecule has 14 heteroatoms. The van der Waals surface area contributed by atoms with E-state index < -0.39 is 23.7 Å². The number of nitrogens with zero attached hydrogens (tertiary/aromatic N) is 3. The number of anilines is 3. The van der Waals surface area contributed by atoms with Gasteiger partial charge in [-0.3, -0.25) is 10.2 Å². The Morgan fingerprint density at radius 3 is 2.71 bits per heavy atom. The van der Waals surface area contributed by atoms with E-state index in [-0.39, 0.29) is 54.4 Å². The number of hydrogen-bond donors (Lipinski definition) is 6. The van der Waals surface area contributed by atoms with Crippen LogP contribution in [0.15, 0.2) is 24.3 Å². The summed E-state index contributed by atoms with van der Waals surface area (Å²) < 4.78 is 44.5. The second kappa shape index (κ2) is 11.5. The zero-order valence-electron chi connectivity index (χ0n) is 18.2. The van der Waals surface area contributed by atoms with Gasteiger partial charge in [0.1, 0.15) is 12.1 Å². The second-order valence-corrected chi connectivity index (χ2v) is 6.90. The first kappa shape index (κ1) is 26.0. The number of amides is 1. The fourth-order valence-corrected chi connectivity index (χ4v) is 2.88. The van der Waals surface area contributed by atoms with E-state index in [1.807, 2.05) is 6.07 Å². The molecule has 1 aromatic heterocycles. The molecule has 2 rings (SSSR count). The van der Waals surface area contributed by atoms with Gasteiger partial charge in [-0.25, -0.2) is 0 Å². The summed E-state index contributed by atoms with van der Waals surface area (Å²) in [5.74, 6) is -1.49. The second-order valence-electron chi connectivity index (χ2n) is 6.90. The maximum Gasteiger partial charge on any atom is 0.416 e. The van der Waals surface area contributed by atoms with Gasteiger partial charge in [-0.15, -0.1) is 0 Å². The number of carbonyl (C=O) groups is 1. The summed E-state index contributed by atoms with van der Waals surface area (Å²) in [6, 6.07) is 5.21. The molecule has 0 bridgehead atoms. The minimum Gasteiger partial charge on any atom is -0.477 e. The van der Waals surface area contributed by atoms with Gasteiger partial charge < -0.3 is 32.2 Å². The first-order valence-electron chi connectivity index (χ1n) is 10.1. The van der Waals surface area contributed by atoms with Gasteiger partial charge in [-0.1, -0.05) is 6.07 Å². The van der Waals surface area contributed by atoms with Crippen molar-refractivity contribution in [1.82, 2.24) is 15.3 Å². The number of guanidine groups is 1. The van der Waals surface area contributed by atoms with Gasteiger partial charge in [0.2, 0.25) is 17.7 Å². The van der Waals surface area contributed by atoms with Gasteiger partial charge >= 0.3 is 6.18 Å². The van der Waals surface area contributed by atoms with Gasteiger partial charge in [-0.2, -0.15) is 28.4 Å². The van der Waals surface area contributed by atoms with E-state index in [0.717, 1.165) is 12.1 Å². The Morgan fingerprint density at radius 1 is 1.35 bits per heavy atom. The SMILES string of the molecule is CCOc1nc(N)nc(NC(=O)[C@H](CCCNC(=N)N)Nc2cccc(C(F)(F)F)c2)c1C#N. The predicted octanol–water partition coefficient (Wildman–Crippen LogP) is 2.03. The van der Waals surface area contributed by atoms with E-state index in [1.165, 1.54) is 12.1 Å². The molecule has 8 N–H and O–H groups in total. The fourth-order valence-electron chi connectivity index (χ4n) is 2.88. The number of nitrogen functional groups attached to an aromatic ring is 1. The van der Waals surface area contributed by atoms with E-state index in [0.29, 0.717) is 6.42 Å². The van der Waals surface area contributed by atoms with E-state index in [2.05, 4.69) is 25.9 Å². The van der Waals surface area contributed by atoms with Crippen molar-refractivity contribution in [2.45, 2.75) is 32.0 Å². The smallest absolute Gasteiger partial charge is 0.416 e. The van der Waals surface area contributed by atoms with Crippen molar-refractivity contribution in [1.29, 1.82) is 10.7 Å². The molecule has 1 heterocycles. The lowest BCUT2D eigenvalue weighted by molar-refractivity contribution is -0.137. The average Bonchev–Trinajstić information content (AvgIpc) is 2.75. The molecule has 0 unspecified atom stereocenters. The van der Waals surface area contributed by atoms with Gasteiger partial charge in [0, 0.05) is 12.2 Å². The van der Waals surface area contributed by atoms with Crippen LogP contribution in [-0.4, -0.2) is 41.0 Å². The van der Waals surface area contributed by atoms with Crippen molar-refractivity contribution in [3.8, 4) is 11.9 Å². The van der Waals surface area contributed by atoms with Crippen molar-refractivity contribution < 1.29 is 22.7 Å². The Kier molecular flexibility index (Phi) is 8.82. The van der Waals surface area contributed by atoms with Gasteiger partial charge in [0.15, 0.2) is 17.3 Å². The van der Waals surface area contributed by atoms with Crippen LogP contribution in [0.1, 0.15) is 30.9 Å². The molecule has 1 atom stereocenters. The van der Waals surface area contributed by atoms with Crippen LogP contribution in [0.25, 0.3) is 0 Å². The largest absolute Gasteiger partial charge is 0.477 e. The van der Waals surface area contributed by atoms with Crippen molar-refractivity contribution in [2.24, 2.45) is 5.73 Å². The van der Waals surface area contributed by atoms with Gasteiger partial charge in [0.05, 0.1) is 12.2 Å². The van der Waals surface area contributed by atoms with Crippen molar-refractivity contribution >= 4 is 29.3 Å². The third-order valence-electron chi connectivity index (χ3n) is 4.36. The fraction of sp³-hybridized carbons (Fsp3) is 0.350. The summed E-state index contributed by atoms with van der Waals surface area (Å²) in [5, 5.41) is 24.5. The highest BCUT2D eigenvalue weighted by Gasteiger charge is 2.31. The minimum absolute atomic E-state index is 0.0622. The average molecular weight is 479 g/mol. The van der Waals surface area contributed by atoms with E-state index in [1.54, 1.807) is 6.92 Å². The summed E-state index contributed by atoms with van der Waals surface area (Å²) in [7, 11) is 0. The Hall–Kier alpha value is -4.28. The number of ether oxygens (including phenoxy) is 1. The molecule has 0 spiro atoms. The number of halogens is 3. The predicted molar refractivity (Wildman–Crippen MR) is 119 cm³/mol. The molecular weight excluding hydrogens is 455 g/mol. The first-order valence-corrected chi connectivity index (χ1v) is 10.1. The zero-order valence-corrected chi connectivity index (χ0v) is 18.2. The molecule has 2 aromatic rings. The Balaban J connectivity index is 2.29. The Bertz CT molecular complexity index is 1070. The number of nitrogens with two attached hydrogens (primary N) is 2. The van der Waals surface area contributed by atoms with Crippen LogP contribution in [0, 0.1) is 16.7 Å². The highest BCUT2D eigenvalue weighted by Crippen LogP contribution is 2.31. The van der Waals surface area contributed by atoms with E-state index in [9.17, 15) is 23.2 Å². The molecule has 0 saturated carbocycles. The summed E-state index contributed by atoms with van der Waals surface area (Å²) >= 11 is 0. The molecule has 0 radical (unpaired) electrons. The quantitative estimate of drug-likeness (QED) is 0.168.